The van der Waals surface area contributed by atoms with E-state index in [1.54, 1.807) is 0 Å². The Bertz CT molecular complexity index is 262. The Balaban J connectivity index is 4.52. The second-order valence-electron chi connectivity index (χ2n) is 8.15. The van der Waals surface area contributed by atoms with Gasteiger partial charge < -0.3 is 5.02 Å². The molecule has 0 aliphatic heterocycles. The Morgan fingerprint density at radius 3 is 2.10 bits per heavy atom. The maximum atomic E-state index is 9.26. The fourth-order valence-electron chi connectivity index (χ4n) is 3.35. The predicted molar refractivity (Wildman–Crippen MR) is 104 cm³/mol. The number of rotatable bonds is 13. The monoisotopic (exact) mass is 292 g/mol. The summed E-state index contributed by atoms with van der Waals surface area (Å²) in [6.07, 6.45) is 10.5. The van der Waals surface area contributed by atoms with Crippen molar-refractivity contribution in [2.24, 2.45) is 0 Å². The molecule has 0 aliphatic rings. The lowest BCUT2D eigenvalue weighted by molar-refractivity contribution is 0.401. The molecule has 0 aliphatic carbocycles. The second kappa shape index (κ2) is 10.8. The zero-order valence-corrected chi connectivity index (χ0v) is 15.8. The van der Waals surface area contributed by atoms with Crippen molar-refractivity contribution in [2.45, 2.75) is 109 Å². The van der Waals surface area contributed by atoms with Crippen LogP contribution in [0.5, 0.6) is 0 Å². The molecule has 0 aromatic heterocycles. The molecule has 1 nitrogen and oxygen atoms in total. The zero-order valence-electron chi connectivity index (χ0n) is 15.8. The van der Waals surface area contributed by atoms with E-state index in [0.717, 1.165) is 0 Å². The van der Waals surface area contributed by atoms with Crippen LogP contribution in [-0.4, -0.2) is 27.1 Å². The van der Waals surface area contributed by atoms with Crippen molar-refractivity contribution in [2.75, 3.05) is 0 Å². The summed E-state index contributed by atoms with van der Waals surface area (Å²) in [7, 11) is 2.98. The number of unbranched alkanes of at least 4 members (excludes halogenated alkanes) is 1. The molecule has 21 heavy (non-hydrogen) atoms. The highest BCUT2D eigenvalue weighted by Crippen LogP contribution is 2.45. The Morgan fingerprint density at radius 2 is 1.62 bits per heavy atom. The first-order valence-corrected chi connectivity index (χ1v) is 9.45. The maximum Gasteiger partial charge on any atom is 0.273 e. The molecule has 0 rings (SSSR count). The summed E-state index contributed by atoms with van der Waals surface area (Å²) >= 11 is 0. The van der Waals surface area contributed by atoms with Crippen molar-refractivity contribution in [3.63, 3.8) is 0 Å². The smallest absolute Gasteiger partial charge is 0.273 e. The van der Waals surface area contributed by atoms with Gasteiger partial charge in [0.1, 0.15) is 14.6 Å². The van der Waals surface area contributed by atoms with Crippen LogP contribution in [0, 0.1) is 0 Å². The molecular weight excluding hydrogens is 253 g/mol. The third-order valence-electron chi connectivity index (χ3n) is 5.73. The first-order chi connectivity index (χ1) is 9.84. The third-order valence-corrected chi connectivity index (χ3v) is 5.73. The highest BCUT2D eigenvalue weighted by molar-refractivity contribution is 6.40. The summed E-state index contributed by atoms with van der Waals surface area (Å²) in [5, 5.41) is 10.3. The molecule has 0 fully saturated rings. The standard InChI is InChI=1S/C17H39B3O/c1-7-9-11-16(4,18-6)13-14-17(5,19-8-2)12-10-15(3)20-21/h15,18-21H,7-14H2,1-6H3. The summed E-state index contributed by atoms with van der Waals surface area (Å²) in [5.74, 6) is 0.457. The van der Waals surface area contributed by atoms with Crippen LogP contribution in [0.3, 0.4) is 0 Å². The average molecular weight is 292 g/mol. The Labute approximate surface area is 136 Å². The van der Waals surface area contributed by atoms with Gasteiger partial charge in [0.15, 0.2) is 0 Å². The molecule has 0 bridgehead atoms. The highest BCUT2D eigenvalue weighted by Gasteiger charge is 2.30. The molecule has 0 aromatic carbocycles. The molecule has 122 valence electrons. The van der Waals surface area contributed by atoms with Crippen LogP contribution in [-0.2, 0) is 0 Å². The first-order valence-electron chi connectivity index (χ1n) is 9.45. The van der Waals surface area contributed by atoms with Crippen LogP contribution >= 0.6 is 0 Å². The van der Waals surface area contributed by atoms with Crippen molar-refractivity contribution in [1.29, 1.82) is 0 Å². The van der Waals surface area contributed by atoms with Gasteiger partial charge in [-0.05, 0) is 5.82 Å². The normalized spacial score (nSPS) is 18.4. The van der Waals surface area contributed by atoms with Crippen molar-refractivity contribution in [1.82, 2.24) is 0 Å². The molecule has 0 heterocycles. The van der Waals surface area contributed by atoms with E-state index in [4.69, 9.17) is 0 Å². The Morgan fingerprint density at radius 1 is 1.00 bits per heavy atom. The molecule has 3 atom stereocenters. The fraction of sp³-hybridized carbons (Fsp3) is 1.00. The van der Waals surface area contributed by atoms with Gasteiger partial charge in [0.05, 0.1) is 0 Å². The van der Waals surface area contributed by atoms with E-state index in [0.29, 0.717) is 23.9 Å². The van der Waals surface area contributed by atoms with E-state index in [1.165, 1.54) is 65.8 Å². The summed E-state index contributed by atoms with van der Waals surface area (Å²) in [6, 6.07) is 0. The van der Waals surface area contributed by atoms with Crippen LogP contribution < -0.4 is 0 Å². The van der Waals surface area contributed by atoms with Crippen molar-refractivity contribution in [3.8, 4) is 0 Å². The summed E-state index contributed by atoms with van der Waals surface area (Å²) < 4.78 is 0. The first kappa shape index (κ1) is 21.2. The van der Waals surface area contributed by atoms with E-state index in [-0.39, 0.29) is 0 Å². The van der Waals surface area contributed by atoms with Gasteiger partial charge in [-0.25, -0.2) is 0 Å². The Kier molecular flexibility index (Phi) is 10.9. The summed E-state index contributed by atoms with van der Waals surface area (Å²) in [6.45, 7) is 14.1. The van der Waals surface area contributed by atoms with Gasteiger partial charge in [-0.1, -0.05) is 103 Å². The minimum atomic E-state index is 0.339. The molecule has 1 N–H and O–H groups in total. The molecule has 0 spiro atoms. The molecule has 0 saturated heterocycles. The highest BCUT2D eigenvalue weighted by atomic mass is 16.2. The van der Waals surface area contributed by atoms with Gasteiger partial charge in [0, 0.05) is 0 Å². The van der Waals surface area contributed by atoms with Crippen LogP contribution in [0.1, 0.15) is 79.6 Å². The summed E-state index contributed by atoms with van der Waals surface area (Å²) in [5.41, 5.74) is 0. The van der Waals surface area contributed by atoms with Crippen molar-refractivity contribution >= 4 is 22.0 Å². The number of hydrogen-bond acceptors (Lipinski definition) is 1. The average Bonchev–Trinajstić information content (AvgIpc) is 2.49. The van der Waals surface area contributed by atoms with Gasteiger partial charge in [-0.3, -0.25) is 0 Å². The van der Waals surface area contributed by atoms with Crippen molar-refractivity contribution < 1.29 is 5.02 Å². The lowest BCUT2D eigenvalue weighted by Gasteiger charge is -2.35. The van der Waals surface area contributed by atoms with E-state index in [1.807, 2.05) is 0 Å². The number of hydrogen-bond donors (Lipinski definition) is 1. The van der Waals surface area contributed by atoms with Crippen LogP contribution in [0.2, 0.25) is 29.6 Å². The molecule has 4 heteroatoms. The topological polar surface area (TPSA) is 20.2 Å². The predicted octanol–water partition coefficient (Wildman–Crippen LogP) is 4.61. The quantitative estimate of drug-likeness (QED) is 0.492. The molecular formula is C17H39B3O. The van der Waals surface area contributed by atoms with E-state index in [2.05, 4.69) is 41.4 Å². The SMILES string of the molecule is CBC(C)(CCCC)CCC(C)(BCC)CCC(C)BO. The maximum absolute atomic E-state index is 9.26. The second-order valence-corrected chi connectivity index (χ2v) is 8.15. The molecule has 0 radical (unpaired) electrons. The molecule has 3 unspecified atom stereocenters. The van der Waals surface area contributed by atoms with Crippen LogP contribution in [0.25, 0.3) is 0 Å². The third kappa shape index (κ3) is 9.01. The zero-order chi connectivity index (χ0) is 16.4. The minimum absolute atomic E-state index is 0.339. The van der Waals surface area contributed by atoms with Crippen LogP contribution in [0.15, 0.2) is 0 Å². The van der Waals surface area contributed by atoms with Gasteiger partial charge in [-0.15, -0.1) is 0 Å². The lowest BCUT2D eigenvalue weighted by Crippen LogP contribution is -2.22. The van der Waals surface area contributed by atoms with Crippen molar-refractivity contribution in [3.05, 3.63) is 0 Å². The molecule has 0 aromatic rings. The Hall–Kier alpha value is 0.155. The molecule has 0 saturated carbocycles. The fourth-order valence-corrected chi connectivity index (χ4v) is 3.35. The van der Waals surface area contributed by atoms with Gasteiger partial charge >= 0.3 is 0 Å². The van der Waals surface area contributed by atoms with Gasteiger partial charge in [0.2, 0.25) is 0 Å². The largest absolute Gasteiger partial charge is 0.454 e. The van der Waals surface area contributed by atoms with Gasteiger partial charge in [-0.2, -0.15) is 0 Å². The van der Waals surface area contributed by atoms with E-state index >= 15 is 0 Å². The molecule has 0 amide bonds. The van der Waals surface area contributed by atoms with Gasteiger partial charge in [0.25, 0.3) is 7.48 Å². The van der Waals surface area contributed by atoms with Crippen LogP contribution in [0.4, 0.5) is 0 Å². The summed E-state index contributed by atoms with van der Waals surface area (Å²) in [4.78, 5) is 0. The van der Waals surface area contributed by atoms with E-state index in [9.17, 15) is 5.02 Å². The van der Waals surface area contributed by atoms with E-state index < -0.39 is 0 Å². The minimum Gasteiger partial charge on any atom is -0.454 e. The lowest BCUT2D eigenvalue weighted by atomic mass is 9.44.